The average molecular weight is 529 g/mol. The number of carbonyl (C=O) groups is 1. The van der Waals surface area contributed by atoms with Crippen LogP contribution >= 0.6 is 0 Å². The van der Waals surface area contributed by atoms with Crippen LogP contribution in [0.15, 0.2) is 67.1 Å². The van der Waals surface area contributed by atoms with Crippen molar-refractivity contribution in [2.75, 3.05) is 18.5 Å². The molecule has 4 heterocycles. The first kappa shape index (κ1) is 25.9. The molecule has 0 bridgehead atoms. The second-order valence-electron chi connectivity index (χ2n) is 8.92. The highest BCUT2D eigenvalue weighted by molar-refractivity contribution is 6.04. The minimum Gasteiger partial charge on any atom is -0.487 e. The molecule has 0 fully saturated rings. The molecule has 1 unspecified atom stereocenters. The minimum atomic E-state index is -1.07. The van der Waals surface area contributed by atoms with E-state index in [9.17, 15) is 14.3 Å². The van der Waals surface area contributed by atoms with Crippen molar-refractivity contribution in [2.45, 2.75) is 20.0 Å². The number of aryl methyl sites for hydroxylation is 2. The standard InChI is InChI=1S/C28H25FN6O4/c1-16-11-18(3-4-22(16)29)25-26(35-27(34-25)23(7-10-32-35)39-15-21(37)14-36)19-5-9-31-24(13-19)33-28(38)20-6-8-30-17(2)12-20/h3-13,21,36-37H,14-15H2,1-2H3,(H,31,33,38). The second kappa shape index (κ2) is 10.9. The molecule has 3 N–H and O–H groups in total. The van der Waals surface area contributed by atoms with Crippen LogP contribution in [-0.2, 0) is 0 Å². The minimum absolute atomic E-state index is 0.150. The Hall–Kier alpha value is -4.74. The van der Waals surface area contributed by atoms with Gasteiger partial charge in [-0.3, -0.25) is 9.78 Å². The maximum absolute atomic E-state index is 14.1. The third-order valence-electron chi connectivity index (χ3n) is 5.99. The van der Waals surface area contributed by atoms with Crippen LogP contribution in [0, 0.1) is 19.7 Å². The molecule has 10 nitrogen and oxygen atoms in total. The highest BCUT2D eigenvalue weighted by Crippen LogP contribution is 2.36. The van der Waals surface area contributed by atoms with Gasteiger partial charge in [-0.15, -0.1) is 0 Å². The molecule has 0 aliphatic rings. The molecular formula is C28H25FN6O4. The van der Waals surface area contributed by atoms with Crippen molar-refractivity contribution in [1.29, 1.82) is 0 Å². The third-order valence-corrected chi connectivity index (χ3v) is 5.99. The fourth-order valence-corrected chi connectivity index (χ4v) is 4.05. The first-order chi connectivity index (χ1) is 18.8. The van der Waals surface area contributed by atoms with Gasteiger partial charge in [-0.25, -0.2) is 18.9 Å². The summed E-state index contributed by atoms with van der Waals surface area (Å²) in [5, 5.41) is 26.2. The lowest BCUT2D eigenvalue weighted by molar-refractivity contribution is 0.0539. The second-order valence-corrected chi connectivity index (χ2v) is 8.92. The van der Waals surface area contributed by atoms with E-state index in [1.807, 2.05) is 0 Å². The summed E-state index contributed by atoms with van der Waals surface area (Å²) in [5.74, 6) is -0.0421. The van der Waals surface area contributed by atoms with Crippen molar-refractivity contribution in [3.8, 4) is 28.3 Å². The van der Waals surface area contributed by atoms with Crippen molar-refractivity contribution in [1.82, 2.24) is 24.6 Å². The van der Waals surface area contributed by atoms with Crippen LogP contribution < -0.4 is 10.1 Å². The summed E-state index contributed by atoms with van der Waals surface area (Å²) in [5.41, 5.74) is 4.29. The predicted octanol–water partition coefficient (Wildman–Crippen LogP) is 3.59. The molecule has 1 aromatic carbocycles. The number of benzene rings is 1. The SMILES string of the molecule is Cc1cc(C(=O)Nc2cc(-c3c(-c4ccc(F)c(C)c4)nc4c(OCC(O)CO)ccnn34)ccn2)ccn1. The summed E-state index contributed by atoms with van der Waals surface area (Å²) in [6.07, 6.45) is 3.57. The summed E-state index contributed by atoms with van der Waals surface area (Å²) in [7, 11) is 0. The Kier molecular flexibility index (Phi) is 7.26. The highest BCUT2D eigenvalue weighted by atomic mass is 19.1. The van der Waals surface area contributed by atoms with E-state index in [4.69, 9.17) is 14.8 Å². The number of amides is 1. The average Bonchev–Trinajstić information content (AvgIpc) is 3.33. The van der Waals surface area contributed by atoms with E-state index in [1.54, 1.807) is 73.2 Å². The van der Waals surface area contributed by atoms with E-state index in [2.05, 4.69) is 20.4 Å². The van der Waals surface area contributed by atoms with Gasteiger partial charge in [0.05, 0.1) is 18.5 Å². The third kappa shape index (κ3) is 5.44. The Labute approximate surface area is 222 Å². The Bertz CT molecular complexity index is 1670. The zero-order valence-corrected chi connectivity index (χ0v) is 21.2. The smallest absolute Gasteiger partial charge is 0.256 e. The van der Waals surface area contributed by atoms with E-state index in [-0.39, 0.29) is 18.3 Å². The van der Waals surface area contributed by atoms with Gasteiger partial charge in [0.25, 0.3) is 5.91 Å². The molecule has 0 aliphatic heterocycles. The van der Waals surface area contributed by atoms with E-state index >= 15 is 0 Å². The fourth-order valence-electron chi connectivity index (χ4n) is 4.05. The summed E-state index contributed by atoms with van der Waals surface area (Å²) < 4.78 is 21.4. The number of carbonyl (C=O) groups excluding carboxylic acids is 1. The van der Waals surface area contributed by atoms with Gasteiger partial charge in [-0.1, -0.05) is 0 Å². The number of ether oxygens (including phenoxy) is 1. The number of hydrogen-bond acceptors (Lipinski definition) is 8. The first-order valence-electron chi connectivity index (χ1n) is 12.1. The zero-order chi connectivity index (χ0) is 27.5. The molecule has 5 rings (SSSR count). The van der Waals surface area contributed by atoms with Gasteiger partial charge in [0.2, 0.25) is 0 Å². The monoisotopic (exact) mass is 528 g/mol. The Balaban J connectivity index is 1.61. The molecule has 1 atom stereocenters. The maximum atomic E-state index is 14.1. The molecule has 5 aromatic rings. The van der Waals surface area contributed by atoms with Gasteiger partial charge in [0.1, 0.15) is 30.0 Å². The maximum Gasteiger partial charge on any atom is 0.256 e. The van der Waals surface area contributed by atoms with Crippen molar-refractivity contribution in [3.63, 3.8) is 0 Å². The van der Waals surface area contributed by atoms with Gasteiger partial charge < -0.3 is 20.3 Å². The molecule has 0 spiro atoms. The molecule has 1 amide bonds. The number of fused-ring (bicyclic) bond motifs is 1. The van der Waals surface area contributed by atoms with Crippen LogP contribution in [0.1, 0.15) is 21.6 Å². The lowest BCUT2D eigenvalue weighted by Crippen LogP contribution is -2.21. The number of aliphatic hydroxyl groups is 2. The molecule has 39 heavy (non-hydrogen) atoms. The molecule has 4 aromatic heterocycles. The van der Waals surface area contributed by atoms with E-state index < -0.39 is 12.7 Å². The number of aromatic nitrogens is 5. The number of halogens is 1. The number of nitrogens with zero attached hydrogens (tertiary/aromatic N) is 5. The largest absolute Gasteiger partial charge is 0.487 e. The van der Waals surface area contributed by atoms with Crippen molar-refractivity contribution < 1.29 is 24.1 Å². The summed E-state index contributed by atoms with van der Waals surface area (Å²) in [6, 6.07) is 13.0. The molecule has 0 aliphatic carbocycles. The van der Waals surface area contributed by atoms with E-state index in [1.165, 1.54) is 12.3 Å². The van der Waals surface area contributed by atoms with Crippen molar-refractivity contribution in [2.24, 2.45) is 0 Å². The first-order valence-corrected chi connectivity index (χ1v) is 12.1. The summed E-state index contributed by atoms with van der Waals surface area (Å²) in [6.45, 7) is 2.86. The number of pyridine rings is 2. The highest BCUT2D eigenvalue weighted by Gasteiger charge is 2.21. The number of anilines is 1. The lowest BCUT2D eigenvalue weighted by atomic mass is 10.0. The van der Waals surface area contributed by atoms with Crippen LogP contribution in [-0.4, -0.2) is 60.0 Å². The summed E-state index contributed by atoms with van der Waals surface area (Å²) >= 11 is 0. The van der Waals surface area contributed by atoms with Crippen LogP contribution in [0.25, 0.3) is 28.2 Å². The summed E-state index contributed by atoms with van der Waals surface area (Å²) in [4.78, 5) is 26.0. The normalized spacial score (nSPS) is 11.9. The van der Waals surface area contributed by atoms with Gasteiger partial charge in [0.15, 0.2) is 11.4 Å². The molecule has 0 radical (unpaired) electrons. The van der Waals surface area contributed by atoms with Gasteiger partial charge in [-0.2, -0.15) is 5.10 Å². The lowest BCUT2D eigenvalue weighted by Gasteiger charge is -2.11. The number of nitrogens with one attached hydrogen (secondary N) is 1. The van der Waals surface area contributed by atoms with E-state index in [0.717, 1.165) is 0 Å². The number of aliphatic hydroxyl groups excluding tert-OH is 2. The topological polar surface area (TPSA) is 135 Å². The van der Waals surface area contributed by atoms with Crippen LogP contribution in [0.4, 0.5) is 10.2 Å². The van der Waals surface area contributed by atoms with Gasteiger partial charge in [0, 0.05) is 40.8 Å². The van der Waals surface area contributed by atoms with Crippen LogP contribution in [0.2, 0.25) is 0 Å². The number of hydrogen-bond donors (Lipinski definition) is 3. The Morgan fingerprint density at radius 2 is 1.87 bits per heavy atom. The Morgan fingerprint density at radius 3 is 2.64 bits per heavy atom. The number of rotatable bonds is 8. The van der Waals surface area contributed by atoms with Crippen LogP contribution in [0.3, 0.4) is 0 Å². The van der Waals surface area contributed by atoms with Crippen molar-refractivity contribution in [3.05, 3.63) is 89.8 Å². The van der Waals surface area contributed by atoms with Crippen molar-refractivity contribution >= 4 is 17.4 Å². The molecule has 11 heteroatoms. The molecule has 0 saturated heterocycles. The molecule has 198 valence electrons. The predicted molar refractivity (Wildman–Crippen MR) is 142 cm³/mol. The van der Waals surface area contributed by atoms with Crippen LogP contribution in [0.5, 0.6) is 5.75 Å². The quantitative estimate of drug-likeness (QED) is 0.278. The molecule has 0 saturated carbocycles. The Morgan fingerprint density at radius 1 is 1.05 bits per heavy atom. The number of imidazole rings is 1. The fraction of sp³-hybridized carbons (Fsp3) is 0.179. The van der Waals surface area contributed by atoms with Gasteiger partial charge >= 0.3 is 0 Å². The molecular weight excluding hydrogens is 503 g/mol. The van der Waals surface area contributed by atoms with Gasteiger partial charge in [-0.05, 0) is 61.9 Å². The van der Waals surface area contributed by atoms with E-state index in [0.29, 0.717) is 56.6 Å². The zero-order valence-electron chi connectivity index (χ0n) is 21.2.